The molecule has 0 aromatic heterocycles. The highest BCUT2D eigenvalue weighted by Crippen LogP contribution is 2.34. The van der Waals surface area contributed by atoms with Gasteiger partial charge in [0.25, 0.3) is 0 Å². The summed E-state index contributed by atoms with van der Waals surface area (Å²) in [5.41, 5.74) is 1.41. The van der Waals surface area contributed by atoms with E-state index in [0.29, 0.717) is 0 Å². The second-order valence-corrected chi connectivity index (χ2v) is 4.82. The van der Waals surface area contributed by atoms with Gasteiger partial charge < -0.3 is 10.2 Å². The van der Waals surface area contributed by atoms with Crippen molar-refractivity contribution < 1.29 is 0 Å². The zero-order valence-corrected chi connectivity index (χ0v) is 10.2. The molecule has 0 spiro atoms. The van der Waals surface area contributed by atoms with Gasteiger partial charge in [-0.15, -0.1) is 12.6 Å². The van der Waals surface area contributed by atoms with E-state index >= 15 is 0 Å². The number of rotatable bonds is 2. The largest absolute Gasteiger partial charge is 0.309 e. The van der Waals surface area contributed by atoms with Gasteiger partial charge in [-0.1, -0.05) is 18.2 Å². The molecule has 15 heavy (non-hydrogen) atoms. The van der Waals surface area contributed by atoms with Gasteiger partial charge in [-0.05, 0) is 32.1 Å². The Morgan fingerprint density at radius 3 is 2.67 bits per heavy atom. The lowest BCUT2D eigenvalue weighted by Crippen LogP contribution is -2.42. The molecule has 1 aromatic rings. The summed E-state index contributed by atoms with van der Waals surface area (Å²) in [4.78, 5) is 3.44. The maximum absolute atomic E-state index is 4.55. The lowest BCUT2D eigenvalue weighted by molar-refractivity contribution is 0.331. The first-order valence-electron chi connectivity index (χ1n) is 5.34. The normalized spacial score (nSPS) is 27.1. The molecule has 1 aliphatic heterocycles. The van der Waals surface area contributed by atoms with Crippen LogP contribution < -0.4 is 5.32 Å². The standard InChI is InChI=1S/C12H18N2S/c1-13-12(7-8-14(2)9-12)10-5-3-4-6-11(10)15/h3-6,13,15H,7-9H2,1-2H3. The molecule has 0 amide bonds. The first kappa shape index (κ1) is 11.0. The Morgan fingerprint density at radius 2 is 2.13 bits per heavy atom. The molecule has 1 fully saturated rings. The van der Waals surface area contributed by atoms with Gasteiger partial charge in [0, 0.05) is 18.0 Å². The molecule has 2 rings (SSSR count). The Bertz CT molecular complexity index is 353. The maximum atomic E-state index is 4.55. The van der Waals surface area contributed by atoms with Crippen molar-refractivity contribution in [2.24, 2.45) is 0 Å². The summed E-state index contributed by atoms with van der Waals surface area (Å²) < 4.78 is 0. The summed E-state index contributed by atoms with van der Waals surface area (Å²) in [6.45, 7) is 2.20. The third kappa shape index (κ3) is 1.92. The zero-order valence-electron chi connectivity index (χ0n) is 9.33. The summed E-state index contributed by atoms with van der Waals surface area (Å²) in [5, 5.41) is 3.47. The van der Waals surface area contributed by atoms with Crippen LogP contribution in [0.2, 0.25) is 0 Å². The van der Waals surface area contributed by atoms with E-state index in [1.807, 2.05) is 13.1 Å². The lowest BCUT2D eigenvalue weighted by atomic mass is 9.89. The third-order valence-electron chi connectivity index (χ3n) is 3.36. The van der Waals surface area contributed by atoms with Crippen molar-refractivity contribution in [2.45, 2.75) is 16.9 Å². The smallest absolute Gasteiger partial charge is 0.0584 e. The van der Waals surface area contributed by atoms with E-state index < -0.39 is 0 Å². The van der Waals surface area contributed by atoms with E-state index in [1.165, 1.54) is 5.56 Å². The molecule has 1 unspecified atom stereocenters. The van der Waals surface area contributed by atoms with Gasteiger partial charge in [-0.25, -0.2) is 0 Å². The Kier molecular flexibility index (Phi) is 3.05. The fourth-order valence-electron chi connectivity index (χ4n) is 2.44. The fourth-order valence-corrected chi connectivity index (χ4v) is 2.81. The number of thiol groups is 1. The van der Waals surface area contributed by atoms with Gasteiger partial charge in [0.05, 0.1) is 5.54 Å². The summed E-state index contributed by atoms with van der Waals surface area (Å²) in [6.07, 6.45) is 1.15. The van der Waals surface area contributed by atoms with Crippen LogP contribution in [-0.2, 0) is 5.54 Å². The molecule has 1 heterocycles. The van der Waals surface area contributed by atoms with Crippen LogP contribution in [0.15, 0.2) is 29.2 Å². The van der Waals surface area contributed by atoms with E-state index in [-0.39, 0.29) is 5.54 Å². The van der Waals surface area contributed by atoms with E-state index in [9.17, 15) is 0 Å². The van der Waals surface area contributed by atoms with Crippen LogP contribution in [0.3, 0.4) is 0 Å². The molecule has 1 aliphatic rings. The molecule has 1 N–H and O–H groups in total. The number of likely N-dealkylation sites (tertiary alicyclic amines) is 1. The topological polar surface area (TPSA) is 15.3 Å². The molecule has 0 bridgehead atoms. The minimum absolute atomic E-state index is 0.0904. The Labute approximate surface area is 97.1 Å². The average molecular weight is 222 g/mol. The predicted molar refractivity (Wildman–Crippen MR) is 66.5 cm³/mol. The number of nitrogens with zero attached hydrogens (tertiary/aromatic N) is 1. The Hall–Kier alpha value is -0.510. The molecule has 2 nitrogen and oxygen atoms in total. The van der Waals surface area contributed by atoms with Gasteiger partial charge in [0.1, 0.15) is 0 Å². The molecule has 1 atom stereocenters. The van der Waals surface area contributed by atoms with Crippen molar-refractivity contribution in [2.75, 3.05) is 27.2 Å². The van der Waals surface area contributed by atoms with Crippen molar-refractivity contribution in [3.63, 3.8) is 0 Å². The van der Waals surface area contributed by atoms with Crippen LogP contribution in [0.5, 0.6) is 0 Å². The first-order valence-corrected chi connectivity index (χ1v) is 5.78. The summed E-state index contributed by atoms with van der Waals surface area (Å²) in [7, 11) is 4.21. The summed E-state index contributed by atoms with van der Waals surface area (Å²) in [5.74, 6) is 0. The molecule has 0 radical (unpaired) electrons. The minimum atomic E-state index is 0.0904. The lowest BCUT2D eigenvalue weighted by Gasteiger charge is -2.30. The summed E-state index contributed by atoms with van der Waals surface area (Å²) in [6, 6.07) is 8.37. The van der Waals surface area contributed by atoms with Gasteiger partial charge in [-0.3, -0.25) is 0 Å². The average Bonchev–Trinajstić information content (AvgIpc) is 2.62. The van der Waals surface area contributed by atoms with Gasteiger partial charge in [0.2, 0.25) is 0 Å². The Balaban J connectivity index is 2.39. The van der Waals surface area contributed by atoms with Crippen molar-refractivity contribution >= 4 is 12.6 Å². The van der Waals surface area contributed by atoms with E-state index in [4.69, 9.17) is 0 Å². The molecular weight excluding hydrogens is 204 g/mol. The number of benzene rings is 1. The van der Waals surface area contributed by atoms with E-state index in [2.05, 4.69) is 48.1 Å². The molecular formula is C12H18N2S. The SMILES string of the molecule is CNC1(c2ccccc2S)CCN(C)C1. The highest BCUT2D eigenvalue weighted by Gasteiger charge is 2.37. The number of hydrogen-bond donors (Lipinski definition) is 2. The molecule has 0 saturated carbocycles. The van der Waals surface area contributed by atoms with Crippen LogP contribution in [0.1, 0.15) is 12.0 Å². The van der Waals surface area contributed by atoms with Crippen molar-refractivity contribution in [3.8, 4) is 0 Å². The van der Waals surface area contributed by atoms with Gasteiger partial charge >= 0.3 is 0 Å². The highest BCUT2D eigenvalue weighted by molar-refractivity contribution is 7.80. The monoisotopic (exact) mass is 222 g/mol. The molecule has 0 aliphatic carbocycles. The molecule has 3 heteroatoms. The van der Waals surface area contributed by atoms with Crippen LogP contribution in [0.25, 0.3) is 0 Å². The van der Waals surface area contributed by atoms with Crippen LogP contribution >= 0.6 is 12.6 Å². The van der Waals surface area contributed by atoms with E-state index in [0.717, 1.165) is 24.4 Å². The molecule has 82 valence electrons. The van der Waals surface area contributed by atoms with Crippen molar-refractivity contribution in [1.29, 1.82) is 0 Å². The van der Waals surface area contributed by atoms with Crippen molar-refractivity contribution in [1.82, 2.24) is 10.2 Å². The number of nitrogens with one attached hydrogen (secondary N) is 1. The second-order valence-electron chi connectivity index (χ2n) is 4.34. The third-order valence-corrected chi connectivity index (χ3v) is 3.75. The minimum Gasteiger partial charge on any atom is -0.309 e. The zero-order chi connectivity index (χ0) is 10.9. The maximum Gasteiger partial charge on any atom is 0.0584 e. The Morgan fingerprint density at radius 1 is 1.40 bits per heavy atom. The summed E-state index contributed by atoms with van der Waals surface area (Å²) >= 11 is 4.55. The van der Waals surface area contributed by atoms with Crippen LogP contribution in [-0.4, -0.2) is 32.1 Å². The first-order chi connectivity index (χ1) is 7.18. The van der Waals surface area contributed by atoms with Gasteiger partial charge in [-0.2, -0.15) is 0 Å². The highest BCUT2D eigenvalue weighted by atomic mass is 32.1. The predicted octanol–water partition coefficient (Wildman–Crippen LogP) is 1.73. The quantitative estimate of drug-likeness (QED) is 0.741. The van der Waals surface area contributed by atoms with Crippen LogP contribution in [0, 0.1) is 0 Å². The number of likely N-dealkylation sites (N-methyl/N-ethyl adjacent to an activating group) is 2. The second kappa shape index (κ2) is 4.16. The fraction of sp³-hybridized carbons (Fsp3) is 0.500. The molecule has 1 saturated heterocycles. The molecule has 1 aromatic carbocycles. The number of hydrogen-bond acceptors (Lipinski definition) is 3. The van der Waals surface area contributed by atoms with Crippen LogP contribution in [0.4, 0.5) is 0 Å². The van der Waals surface area contributed by atoms with Gasteiger partial charge in [0.15, 0.2) is 0 Å². The van der Waals surface area contributed by atoms with E-state index in [1.54, 1.807) is 0 Å². The van der Waals surface area contributed by atoms with Crippen molar-refractivity contribution in [3.05, 3.63) is 29.8 Å².